The van der Waals surface area contributed by atoms with E-state index in [0.717, 1.165) is 36.9 Å². The minimum absolute atomic E-state index is 0.0384. The van der Waals surface area contributed by atoms with Crippen LogP contribution >= 0.6 is 0 Å². The number of rotatable bonds is 2. The first-order chi connectivity index (χ1) is 11.9. The van der Waals surface area contributed by atoms with Crippen LogP contribution in [0.4, 0.5) is 10.5 Å². The van der Waals surface area contributed by atoms with Crippen LogP contribution in [-0.4, -0.2) is 60.6 Å². The van der Waals surface area contributed by atoms with Crippen LogP contribution in [-0.2, 0) is 9.53 Å². The number of amides is 3. The van der Waals surface area contributed by atoms with Crippen LogP contribution in [0.5, 0.6) is 0 Å². The predicted octanol–water partition coefficient (Wildman–Crippen LogP) is 2.63. The largest absolute Gasteiger partial charge is 0.362 e. The van der Waals surface area contributed by atoms with E-state index in [-0.39, 0.29) is 23.6 Å². The average Bonchev–Trinajstić information content (AvgIpc) is 3.00. The zero-order valence-corrected chi connectivity index (χ0v) is 15.2. The Hall–Kier alpha value is -2.08. The topological polar surface area (TPSA) is 61.9 Å². The van der Waals surface area contributed by atoms with E-state index in [1.165, 1.54) is 0 Å². The van der Waals surface area contributed by atoms with Crippen molar-refractivity contribution >= 4 is 17.6 Å². The van der Waals surface area contributed by atoms with Crippen LogP contribution in [0.25, 0.3) is 0 Å². The van der Waals surface area contributed by atoms with Gasteiger partial charge in [0.1, 0.15) is 6.10 Å². The Morgan fingerprint density at radius 3 is 2.40 bits per heavy atom. The number of nitrogens with zero attached hydrogens (tertiary/aromatic N) is 2. The smallest absolute Gasteiger partial charge is 0.321 e. The van der Waals surface area contributed by atoms with Gasteiger partial charge in [-0.05, 0) is 44.7 Å². The van der Waals surface area contributed by atoms with Gasteiger partial charge in [0.05, 0.1) is 5.60 Å². The molecule has 2 fully saturated rings. The Balaban J connectivity index is 1.52. The first kappa shape index (κ1) is 17.7. The lowest BCUT2D eigenvalue weighted by molar-refractivity contribution is -0.148. The van der Waals surface area contributed by atoms with Crippen LogP contribution in [0.2, 0.25) is 0 Å². The summed E-state index contributed by atoms with van der Waals surface area (Å²) in [6.07, 6.45) is 2.90. The molecule has 3 amide bonds. The number of aryl methyl sites for hydroxylation is 1. The Morgan fingerprint density at radius 2 is 1.80 bits per heavy atom. The Labute approximate surface area is 149 Å². The number of piperidine rings is 1. The van der Waals surface area contributed by atoms with Gasteiger partial charge in [0.15, 0.2) is 0 Å². The summed E-state index contributed by atoms with van der Waals surface area (Å²) in [5.74, 6) is 0.0384. The molecule has 0 unspecified atom stereocenters. The summed E-state index contributed by atoms with van der Waals surface area (Å²) in [7, 11) is 3.52. The number of likely N-dealkylation sites (tertiary alicyclic amines) is 1. The monoisotopic (exact) mass is 345 g/mol. The molecule has 2 aliphatic heterocycles. The van der Waals surface area contributed by atoms with Gasteiger partial charge in [-0.2, -0.15) is 0 Å². The third-order valence-electron chi connectivity index (χ3n) is 5.24. The number of nitrogens with one attached hydrogen (secondary N) is 1. The highest BCUT2D eigenvalue weighted by Gasteiger charge is 2.45. The molecule has 1 N–H and O–H groups in total. The molecule has 0 aliphatic carbocycles. The zero-order chi connectivity index (χ0) is 18.0. The number of carbonyl (C=O) groups excluding carboxylic acids is 2. The fraction of sp³-hybridized carbons (Fsp3) is 0.579. The van der Waals surface area contributed by atoms with Gasteiger partial charge in [-0.3, -0.25) is 4.79 Å². The highest BCUT2D eigenvalue weighted by Crippen LogP contribution is 2.39. The van der Waals surface area contributed by atoms with E-state index < -0.39 is 0 Å². The van der Waals surface area contributed by atoms with Crippen molar-refractivity contribution in [3.05, 3.63) is 29.8 Å². The molecule has 6 nitrogen and oxygen atoms in total. The molecule has 2 saturated heterocycles. The van der Waals surface area contributed by atoms with Crippen LogP contribution < -0.4 is 5.32 Å². The van der Waals surface area contributed by atoms with E-state index in [1.807, 2.05) is 36.1 Å². The molecule has 1 atom stereocenters. The predicted molar refractivity (Wildman–Crippen MR) is 96.5 cm³/mol. The summed E-state index contributed by atoms with van der Waals surface area (Å²) in [6, 6.07) is 7.72. The maximum atomic E-state index is 12.4. The van der Waals surface area contributed by atoms with E-state index in [4.69, 9.17) is 4.74 Å². The lowest BCUT2D eigenvalue weighted by Gasteiger charge is -2.39. The molecular weight excluding hydrogens is 318 g/mol. The first-order valence-corrected chi connectivity index (χ1v) is 8.90. The molecule has 1 aromatic carbocycles. The summed E-state index contributed by atoms with van der Waals surface area (Å²) >= 11 is 0. The van der Waals surface area contributed by atoms with Crippen molar-refractivity contribution in [3.63, 3.8) is 0 Å². The molecule has 0 radical (unpaired) electrons. The second-order valence-electron chi connectivity index (χ2n) is 7.34. The number of carbonyl (C=O) groups is 2. The molecule has 0 aromatic heterocycles. The molecule has 1 spiro atoms. The molecule has 2 aliphatic rings. The maximum absolute atomic E-state index is 12.4. The lowest BCUT2D eigenvalue weighted by Crippen LogP contribution is -2.48. The van der Waals surface area contributed by atoms with E-state index >= 15 is 0 Å². The number of likely N-dealkylation sites (N-methyl/N-ethyl adjacent to an activating group) is 1. The number of hydrogen-bond donors (Lipinski definition) is 1. The molecule has 2 heterocycles. The Bertz CT molecular complexity index is 634. The molecular formula is C19H27N3O3. The van der Waals surface area contributed by atoms with Gasteiger partial charge >= 0.3 is 6.03 Å². The molecule has 6 heteroatoms. The molecule has 136 valence electrons. The van der Waals surface area contributed by atoms with E-state index in [2.05, 4.69) is 5.32 Å². The number of ether oxygens (including phenoxy) is 1. The summed E-state index contributed by atoms with van der Waals surface area (Å²) in [6.45, 7) is 3.33. The SMILES string of the molecule is Cc1ccc(NC(=O)N2CCC3(CC[C@H](C(=O)N(C)C)O3)CC2)cc1. The molecule has 0 saturated carbocycles. The lowest BCUT2D eigenvalue weighted by atomic mass is 9.88. The average molecular weight is 345 g/mol. The van der Waals surface area contributed by atoms with Crippen molar-refractivity contribution in [2.75, 3.05) is 32.5 Å². The highest BCUT2D eigenvalue weighted by atomic mass is 16.5. The third kappa shape index (κ3) is 3.95. The summed E-state index contributed by atoms with van der Waals surface area (Å²) < 4.78 is 6.12. The number of hydrogen-bond acceptors (Lipinski definition) is 3. The van der Waals surface area contributed by atoms with Gasteiger partial charge in [-0.1, -0.05) is 17.7 Å². The van der Waals surface area contributed by atoms with Gasteiger partial charge in [-0.25, -0.2) is 4.79 Å². The van der Waals surface area contributed by atoms with Crippen LogP contribution in [0.1, 0.15) is 31.2 Å². The maximum Gasteiger partial charge on any atom is 0.321 e. The number of urea groups is 1. The van der Waals surface area contributed by atoms with Gasteiger partial charge < -0.3 is 19.9 Å². The Kier molecular flexibility index (Phi) is 4.99. The third-order valence-corrected chi connectivity index (χ3v) is 5.24. The second kappa shape index (κ2) is 7.04. The minimum atomic E-state index is -0.331. The summed E-state index contributed by atoms with van der Waals surface area (Å²) in [5, 5.41) is 2.95. The molecule has 25 heavy (non-hydrogen) atoms. The van der Waals surface area contributed by atoms with Gasteiger partial charge in [0.25, 0.3) is 5.91 Å². The molecule has 3 rings (SSSR count). The fourth-order valence-corrected chi connectivity index (χ4v) is 3.60. The van der Waals surface area contributed by atoms with E-state index in [0.29, 0.717) is 13.1 Å². The first-order valence-electron chi connectivity index (χ1n) is 8.90. The second-order valence-corrected chi connectivity index (χ2v) is 7.34. The minimum Gasteiger partial charge on any atom is -0.362 e. The van der Waals surface area contributed by atoms with Crippen molar-refractivity contribution < 1.29 is 14.3 Å². The van der Waals surface area contributed by atoms with Crippen LogP contribution in [0, 0.1) is 6.92 Å². The van der Waals surface area contributed by atoms with Crippen molar-refractivity contribution in [2.45, 2.75) is 44.3 Å². The molecule has 1 aromatic rings. The van der Waals surface area contributed by atoms with Crippen molar-refractivity contribution in [1.29, 1.82) is 0 Å². The van der Waals surface area contributed by atoms with Crippen molar-refractivity contribution in [1.82, 2.24) is 9.80 Å². The van der Waals surface area contributed by atoms with Crippen LogP contribution in [0.15, 0.2) is 24.3 Å². The number of anilines is 1. The Morgan fingerprint density at radius 1 is 1.16 bits per heavy atom. The van der Waals surface area contributed by atoms with Gasteiger partial charge in [0.2, 0.25) is 0 Å². The highest BCUT2D eigenvalue weighted by molar-refractivity contribution is 5.89. The van der Waals surface area contributed by atoms with E-state index in [1.54, 1.807) is 19.0 Å². The van der Waals surface area contributed by atoms with Crippen molar-refractivity contribution in [3.8, 4) is 0 Å². The quantitative estimate of drug-likeness (QED) is 0.896. The van der Waals surface area contributed by atoms with Crippen LogP contribution in [0.3, 0.4) is 0 Å². The summed E-state index contributed by atoms with van der Waals surface area (Å²) in [4.78, 5) is 27.9. The standard InChI is InChI=1S/C19H27N3O3/c1-14-4-6-15(7-5-14)20-18(24)22-12-10-19(11-13-22)9-8-16(25-19)17(23)21(2)3/h4-7,16H,8-13H2,1-3H3,(H,20,24)/t16-/m1/s1. The van der Waals surface area contributed by atoms with Gasteiger partial charge in [0, 0.05) is 32.9 Å². The number of benzene rings is 1. The van der Waals surface area contributed by atoms with Crippen molar-refractivity contribution in [2.24, 2.45) is 0 Å². The fourth-order valence-electron chi connectivity index (χ4n) is 3.60. The zero-order valence-electron chi connectivity index (χ0n) is 15.2. The normalized spacial score (nSPS) is 22.0. The van der Waals surface area contributed by atoms with E-state index in [9.17, 15) is 9.59 Å². The summed E-state index contributed by atoms with van der Waals surface area (Å²) in [5.41, 5.74) is 1.74. The molecule has 0 bridgehead atoms. The van der Waals surface area contributed by atoms with Gasteiger partial charge in [-0.15, -0.1) is 0 Å².